The number of benzene rings is 2. The van der Waals surface area contributed by atoms with Gasteiger partial charge in [0.05, 0.1) is 31.4 Å². The van der Waals surface area contributed by atoms with Gasteiger partial charge in [-0.3, -0.25) is 9.59 Å². The van der Waals surface area contributed by atoms with E-state index in [2.05, 4.69) is 0 Å². The van der Waals surface area contributed by atoms with E-state index in [1.165, 1.54) is 25.2 Å². The number of carbonyl (C=O) groups is 2. The monoisotopic (exact) mass is 441 g/mol. The topological polar surface area (TPSA) is 106 Å². The highest BCUT2D eigenvalue weighted by atomic mass is 16.5. The number of rotatable bonds is 8. The lowest BCUT2D eigenvalue weighted by Crippen LogP contribution is -2.32. The molecule has 2 aromatic rings. The lowest BCUT2D eigenvalue weighted by atomic mass is 9.95. The van der Waals surface area contributed by atoms with Gasteiger partial charge in [-0.25, -0.2) is 0 Å². The van der Waals surface area contributed by atoms with Crippen molar-refractivity contribution >= 4 is 17.4 Å². The van der Waals surface area contributed by atoms with Gasteiger partial charge in [-0.2, -0.15) is 0 Å². The van der Waals surface area contributed by atoms with Crippen molar-refractivity contribution in [2.45, 2.75) is 26.0 Å². The first-order valence-electron chi connectivity index (χ1n) is 10.2. The largest absolute Gasteiger partial charge is 0.507 e. The van der Waals surface area contributed by atoms with Crippen molar-refractivity contribution in [2.75, 3.05) is 27.4 Å². The highest BCUT2D eigenvalue weighted by molar-refractivity contribution is 6.46. The smallest absolute Gasteiger partial charge is 0.295 e. The van der Waals surface area contributed by atoms with E-state index < -0.39 is 17.7 Å². The van der Waals surface area contributed by atoms with Gasteiger partial charge in [0.1, 0.15) is 11.5 Å². The number of aliphatic hydroxyl groups excluding tert-OH is 1. The normalized spacial score (nSPS) is 17.8. The van der Waals surface area contributed by atoms with Gasteiger partial charge in [0.2, 0.25) is 0 Å². The van der Waals surface area contributed by atoms with Crippen LogP contribution in [-0.4, -0.2) is 60.3 Å². The van der Waals surface area contributed by atoms with Gasteiger partial charge >= 0.3 is 0 Å². The number of likely N-dealkylation sites (tertiary alicyclic amines) is 1. The summed E-state index contributed by atoms with van der Waals surface area (Å²) in [6, 6.07) is 10.3. The third kappa shape index (κ3) is 4.55. The van der Waals surface area contributed by atoms with Crippen molar-refractivity contribution in [1.82, 2.24) is 4.90 Å². The van der Waals surface area contributed by atoms with Gasteiger partial charge in [0.15, 0.2) is 11.5 Å². The molecule has 1 aliphatic heterocycles. The van der Waals surface area contributed by atoms with E-state index in [1.807, 2.05) is 13.8 Å². The molecule has 2 N–H and O–H groups in total. The quantitative estimate of drug-likeness (QED) is 0.368. The van der Waals surface area contributed by atoms with Gasteiger partial charge in [0, 0.05) is 19.2 Å². The molecule has 0 spiro atoms. The molecule has 1 fully saturated rings. The molecule has 0 aromatic heterocycles. The van der Waals surface area contributed by atoms with Gasteiger partial charge in [0.25, 0.3) is 11.7 Å². The van der Waals surface area contributed by atoms with Crippen LogP contribution in [0.1, 0.15) is 31.0 Å². The Morgan fingerprint density at radius 1 is 1.09 bits per heavy atom. The van der Waals surface area contributed by atoms with Crippen molar-refractivity contribution in [2.24, 2.45) is 0 Å². The number of nitrogens with zero attached hydrogens (tertiary/aromatic N) is 1. The highest BCUT2D eigenvalue weighted by Gasteiger charge is 2.46. The second-order valence-corrected chi connectivity index (χ2v) is 7.61. The Labute approximate surface area is 186 Å². The van der Waals surface area contributed by atoms with Crippen LogP contribution >= 0.6 is 0 Å². The minimum absolute atomic E-state index is 0.00923. The first-order valence-corrected chi connectivity index (χ1v) is 10.2. The zero-order valence-electron chi connectivity index (χ0n) is 18.5. The predicted molar refractivity (Wildman–Crippen MR) is 118 cm³/mol. The molecule has 0 bridgehead atoms. The lowest BCUT2D eigenvalue weighted by Gasteiger charge is -2.25. The summed E-state index contributed by atoms with van der Waals surface area (Å²) in [5, 5.41) is 21.0. The number of carbonyl (C=O) groups excluding carboxylic acids is 2. The molecule has 1 atom stereocenters. The molecule has 0 saturated carbocycles. The number of methoxy groups -OCH3 is 2. The van der Waals surface area contributed by atoms with Gasteiger partial charge in [-0.15, -0.1) is 0 Å². The average molecular weight is 441 g/mol. The Balaban J connectivity index is 2.11. The first-order chi connectivity index (χ1) is 15.3. The Kier molecular flexibility index (Phi) is 7.05. The van der Waals surface area contributed by atoms with Crippen molar-refractivity contribution in [3.8, 4) is 17.2 Å². The molecule has 1 saturated heterocycles. The predicted octanol–water partition coefficient (Wildman–Crippen LogP) is 3.26. The molecule has 1 heterocycles. The minimum Gasteiger partial charge on any atom is -0.507 e. The number of aliphatic hydroxyl groups is 1. The molecule has 1 aliphatic rings. The third-order valence-electron chi connectivity index (χ3n) is 5.10. The molecule has 3 rings (SSSR count). The van der Waals surface area contributed by atoms with Gasteiger partial charge in [-0.1, -0.05) is 6.07 Å². The van der Waals surface area contributed by atoms with Crippen LogP contribution in [0, 0.1) is 0 Å². The number of Topliss-reactive ketones (excluding diaryl/α,β-unsaturated/α-hetero) is 1. The van der Waals surface area contributed by atoms with E-state index in [9.17, 15) is 19.8 Å². The summed E-state index contributed by atoms with van der Waals surface area (Å²) in [7, 11) is 2.90. The fourth-order valence-corrected chi connectivity index (χ4v) is 3.63. The molecule has 170 valence electrons. The van der Waals surface area contributed by atoms with E-state index >= 15 is 0 Å². The number of hydrogen-bond donors (Lipinski definition) is 2. The minimum atomic E-state index is -0.869. The second-order valence-electron chi connectivity index (χ2n) is 7.61. The molecule has 0 radical (unpaired) electrons. The first kappa shape index (κ1) is 23.1. The maximum Gasteiger partial charge on any atom is 0.295 e. The van der Waals surface area contributed by atoms with Crippen molar-refractivity contribution in [3.63, 3.8) is 0 Å². The average Bonchev–Trinajstić information content (AvgIpc) is 3.02. The summed E-state index contributed by atoms with van der Waals surface area (Å²) in [5.74, 6) is -1.09. The van der Waals surface area contributed by atoms with Crippen LogP contribution in [-0.2, 0) is 14.3 Å². The fourth-order valence-electron chi connectivity index (χ4n) is 3.63. The van der Waals surface area contributed by atoms with E-state index in [0.717, 1.165) is 0 Å². The highest BCUT2D eigenvalue weighted by Crippen LogP contribution is 2.41. The van der Waals surface area contributed by atoms with E-state index in [0.29, 0.717) is 16.9 Å². The Morgan fingerprint density at radius 2 is 1.78 bits per heavy atom. The molecule has 32 heavy (non-hydrogen) atoms. The molecular weight excluding hydrogens is 414 g/mol. The summed E-state index contributed by atoms with van der Waals surface area (Å²) in [6.07, 6.45) is -0.00923. The van der Waals surface area contributed by atoms with E-state index in [1.54, 1.807) is 36.4 Å². The van der Waals surface area contributed by atoms with Crippen LogP contribution in [0.4, 0.5) is 0 Å². The molecule has 0 aliphatic carbocycles. The van der Waals surface area contributed by atoms with Crippen LogP contribution in [0.3, 0.4) is 0 Å². The summed E-state index contributed by atoms with van der Waals surface area (Å²) in [5.41, 5.74) is 0.842. The van der Waals surface area contributed by atoms with Crippen LogP contribution < -0.4 is 9.47 Å². The van der Waals surface area contributed by atoms with Crippen LogP contribution in [0.2, 0.25) is 0 Å². The molecule has 8 nitrogen and oxygen atoms in total. The van der Waals surface area contributed by atoms with Crippen LogP contribution in [0.5, 0.6) is 17.2 Å². The second kappa shape index (κ2) is 9.74. The molecule has 1 unspecified atom stereocenters. The van der Waals surface area contributed by atoms with Crippen LogP contribution in [0.25, 0.3) is 5.76 Å². The SMILES string of the molecule is COCCN1C(=O)C(=O)/C(=C(/O)c2ccc(OC(C)C)cc2)C1c1ccc(O)c(OC)c1. The van der Waals surface area contributed by atoms with Crippen molar-refractivity contribution in [3.05, 3.63) is 59.2 Å². The molecule has 8 heteroatoms. The van der Waals surface area contributed by atoms with Crippen molar-refractivity contribution < 1.29 is 34.0 Å². The summed E-state index contributed by atoms with van der Waals surface area (Å²) >= 11 is 0. The van der Waals surface area contributed by atoms with Gasteiger partial charge < -0.3 is 29.3 Å². The Morgan fingerprint density at radius 3 is 2.38 bits per heavy atom. The summed E-state index contributed by atoms with van der Waals surface area (Å²) < 4.78 is 15.9. The number of ketones is 1. The molecule has 1 amide bonds. The fraction of sp³-hybridized carbons (Fsp3) is 0.333. The number of phenols is 1. The maximum absolute atomic E-state index is 13.0. The van der Waals surface area contributed by atoms with Gasteiger partial charge in [-0.05, 0) is 55.8 Å². The van der Waals surface area contributed by atoms with E-state index in [-0.39, 0.29) is 42.1 Å². The number of amides is 1. The van der Waals surface area contributed by atoms with Crippen LogP contribution in [0.15, 0.2) is 48.0 Å². The summed E-state index contributed by atoms with van der Waals surface area (Å²) in [6.45, 7) is 4.16. The number of phenolic OH excluding ortho intramolecular Hbond substituents is 1. The number of hydrogen-bond acceptors (Lipinski definition) is 7. The Bertz CT molecular complexity index is 1030. The molecular formula is C24H27NO7. The van der Waals surface area contributed by atoms with Crippen molar-refractivity contribution in [1.29, 1.82) is 0 Å². The maximum atomic E-state index is 13.0. The van der Waals surface area contributed by atoms with E-state index in [4.69, 9.17) is 14.2 Å². The standard InChI is InChI=1S/C24H27NO7/c1-14(2)32-17-8-5-15(6-9-17)22(27)20-21(16-7-10-18(26)19(13-16)31-4)25(11-12-30-3)24(29)23(20)28/h5-10,13-14,21,26-27H,11-12H2,1-4H3/b22-20+. The number of aromatic hydroxyl groups is 1. The third-order valence-corrected chi connectivity index (χ3v) is 5.10. The lowest BCUT2D eigenvalue weighted by molar-refractivity contribution is -0.140. The number of ether oxygens (including phenoxy) is 3. The zero-order chi connectivity index (χ0) is 23.4. The zero-order valence-corrected chi connectivity index (χ0v) is 18.5. The molecule has 2 aromatic carbocycles. The summed E-state index contributed by atoms with van der Waals surface area (Å²) in [4.78, 5) is 27.1. The Hall–Kier alpha value is -3.52.